The predicted molar refractivity (Wildman–Crippen MR) is 126 cm³/mol. The number of hydrogen-bond donors (Lipinski definition) is 2. The van der Waals surface area contributed by atoms with Gasteiger partial charge in [-0.25, -0.2) is 0 Å². The SMILES string of the molecule is CCOC(=O)CSC1=C(C#N)[C@H](c2cccs2)C(C(=O)Nc2ccccc2OC)=C(C)N1. The molecule has 0 radical (unpaired) electrons. The van der Waals surface area contributed by atoms with E-state index in [4.69, 9.17) is 9.47 Å². The average Bonchev–Trinajstić information content (AvgIpc) is 3.32. The van der Waals surface area contributed by atoms with E-state index in [0.717, 1.165) is 4.88 Å². The molecule has 9 heteroatoms. The summed E-state index contributed by atoms with van der Waals surface area (Å²) in [6.07, 6.45) is 0. The minimum absolute atomic E-state index is 0.0640. The summed E-state index contributed by atoms with van der Waals surface area (Å²) in [6, 6.07) is 13.2. The Bertz CT molecular complexity index is 1100. The van der Waals surface area contributed by atoms with Crippen LogP contribution in [-0.2, 0) is 14.3 Å². The summed E-state index contributed by atoms with van der Waals surface area (Å²) in [5, 5.41) is 18.5. The number of nitrogens with one attached hydrogen (secondary N) is 2. The van der Waals surface area contributed by atoms with Crippen LogP contribution in [0.5, 0.6) is 5.75 Å². The number of methoxy groups -OCH3 is 1. The lowest BCUT2D eigenvalue weighted by Crippen LogP contribution is -2.30. The molecule has 0 fully saturated rings. The highest BCUT2D eigenvalue weighted by Gasteiger charge is 2.35. The summed E-state index contributed by atoms with van der Waals surface area (Å²) < 4.78 is 10.3. The normalized spacial score (nSPS) is 15.6. The van der Waals surface area contributed by atoms with Crippen LogP contribution in [0.1, 0.15) is 24.6 Å². The van der Waals surface area contributed by atoms with Gasteiger partial charge in [0.25, 0.3) is 5.91 Å². The highest BCUT2D eigenvalue weighted by molar-refractivity contribution is 8.03. The number of ether oxygens (including phenoxy) is 2. The van der Waals surface area contributed by atoms with Crippen molar-refractivity contribution in [1.82, 2.24) is 5.32 Å². The molecular weight excluding hydrogens is 446 g/mol. The van der Waals surface area contributed by atoms with Crippen LogP contribution in [0.2, 0.25) is 0 Å². The summed E-state index contributed by atoms with van der Waals surface area (Å²) in [4.78, 5) is 26.1. The van der Waals surface area contributed by atoms with Crippen LogP contribution in [-0.4, -0.2) is 31.3 Å². The maximum Gasteiger partial charge on any atom is 0.316 e. The highest BCUT2D eigenvalue weighted by Crippen LogP contribution is 2.42. The predicted octanol–water partition coefficient (Wildman–Crippen LogP) is 4.39. The molecule has 1 aliphatic rings. The zero-order chi connectivity index (χ0) is 23.1. The van der Waals surface area contributed by atoms with E-state index >= 15 is 0 Å². The Balaban J connectivity index is 1.97. The van der Waals surface area contributed by atoms with E-state index in [2.05, 4.69) is 16.7 Å². The number of esters is 1. The van der Waals surface area contributed by atoms with E-state index < -0.39 is 5.92 Å². The monoisotopic (exact) mass is 469 g/mol. The molecule has 1 aliphatic heterocycles. The Kier molecular flexibility index (Phi) is 7.98. The maximum absolute atomic E-state index is 13.4. The van der Waals surface area contributed by atoms with Gasteiger partial charge in [0.1, 0.15) is 5.75 Å². The molecule has 2 heterocycles. The average molecular weight is 470 g/mol. The lowest BCUT2D eigenvalue weighted by molar-refractivity contribution is -0.139. The number of thioether (sulfide) groups is 1. The number of nitriles is 1. The molecule has 0 unspecified atom stereocenters. The van der Waals surface area contributed by atoms with Crippen LogP contribution < -0.4 is 15.4 Å². The van der Waals surface area contributed by atoms with Crippen molar-refractivity contribution in [2.24, 2.45) is 0 Å². The van der Waals surface area contributed by atoms with Gasteiger partial charge in [0.05, 0.1) is 47.7 Å². The van der Waals surface area contributed by atoms with Crippen LogP contribution >= 0.6 is 23.1 Å². The van der Waals surface area contributed by atoms with Crippen LogP contribution in [0.25, 0.3) is 0 Å². The number of carbonyl (C=O) groups is 2. The number of rotatable bonds is 8. The molecule has 0 spiro atoms. The van der Waals surface area contributed by atoms with Crippen molar-refractivity contribution in [3.05, 3.63) is 68.5 Å². The quantitative estimate of drug-likeness (QED) is 0.553. The molecule has 0 saturated heterocycles. The molecule has 1 amide bonds. The van der Waals surface area contributed by atoms with Gasteiger partial charge in [-0.3, -0.25) is 9.59 Å². The van der Waals surface area contributed by atoms with Gasteiger partial charge in [0.2, 0.25) is 0 Å². The molecule has 0 bridgehead atoms. The van der Waals surface area contributed by atoms with Gasteiger partial charge < -0.3 is 20.1 Å². The second kappa shape index (κ2) is 10.9. The van der Waals surface area contributed by atoms with Crippen molar-refractivity contribution < 1.29 is 19.1 Å². The van der Waals surface area contributed by atoms with Gasteiger partial charge in [-0.1, -0.05) is 30.0 Å². The Morgan fingerprint density at radius 1 is 1.28 bits per heavy atom. The summed E-state index contributed by atoms with van der Waals surface area (Å²) in [5.41, 5.74) is 1.98. The topological polar surface area (TPSA) is 100 Å². The van der Waals surface area contributed by atoms with Gasteiger partial charge >= 0.3 is 5.97 Å². The number of thiophene rings is 1. The number of anilines is 1. The molecule has 0 saturated carbocycles. The first-order valence-electron chi connectivity index (χ1n) is 9.88. The Morgan fingerprint density at radius 3 is 2.72 bits per heavy atom. The van der Waals surface area contributed by atoms with Crippen molar-refractivity contribution in [2.45, 2.75) is 19.8 Å². The molecule has 3 rings (SSSR count). The minimum atomic E-state index is -0.555. The first kappa shape index (κ1) is 23.4. The number of nitrogens with zero attached hydrogens (tertiary/aromatic N) is 1. The number of para-hydroxylation sites is 2. The Morgan fingerprint density at radius 2 is 2.06 bits per heavy atom. The Labute approximate surface area is 195 Å². The van der Waals surface area contributed by atoms with Crippen LogP contribution in [0, 0.1) is 11.3 Å². The number of benzene rings is 1. The molecule has 1 aromatic carbocycles. The fourth-order valence-corrected chi connectivity index (χ4v) is 5.07. The highest BCUT2D eigenvalue weighted by atomic mass is 32.2. The summed E-state index contributed by atoms with van der Waals surface area (Å²) >= 11 is 2.66. The molecular formula is C23H23N3O4S2. The molecule has 1 atom stereocenters. The number of carbonyl (C=O) groups excluding carboxylic acids is 2. The van der Waals surface area contributed by atoms with E-state index in [9.17, 15) is 14.9 Å². The summed E-state index contributed by atoms with van der Waals surface area (Å²) in [6.45, 7) is 3.82. The van der Waals surface area contributed by atoms with E-state index in [-0.39, 0.29) is 17.6 Å². The third-order valence-electron chi connectivity index (χ3n) is 4.71. The smallest absolute Gasteiger partial charge is 0.316 e. The molecule has 166 valence electrons. The van der Waals surface area contributed by atoms with Crippen LogP contribution in [0.15, 0.2) is 63.7 Å². The van der Waals surface area contributed by atoms with Crippen molar-refractivity contribution in [1.29, 1.82) is 5.26 Å². The van der Waals surface area contributed by atoms with E-state index in [1.165, 1.54) is 30.2 Å². The minimum Gasteiger partial charge on any atom is -0.495 e. The van der Waals surface area contributed by atoms with E-state index in [1.807, 2.05) is 23.6 Å². The van der Waals surface area contributed by atoms with E-state index in [0.29, 0.717) is 39.9 Å². The first-order valence-corrected chi connectivity index (χ1v) is 11.7. The van der Waals surface area contributed by atoms with Crippen molar-refractivity contribution >= 4 is 40.7 Å². The standard InChI is InChI=1S/C23H23N3O4S2/c1-4-30-19(27)13-32-23-15(12-24)21(18-10-7-11-31-18)20(14(2)25-23)22(28)26-16-8-5-6-9-17(16)29-3/h5-11,21,25H,4,13H2,1-3H3,(H,26,28)/t21-/m1/s1. The molecule has 32 heavy (non-hydrogen) atoms. The second-order valence-corrected chi connectivity index (χ2v) is 8.68. The van der Waals surface area contributed by atoms with E-state index in [1.54, 1.807) is 32.0 Å². The van der Waals surface area contributed by atoms with Gasteiger partial charge in [-0.05, 0) is 37.4 Å². The summed E-state index contributed by atoms with van der Waals surface area (Å²) in [7, 11) is 1.54. The molecule has 0 aliphatic carbocycles. The van der Waals surface area contributed by atoms with Gasteiger partial charge in [0, 0.05) is 16.1 Å². The third kappa shape index (κ3) is 5.15. The van der Waals surface area contributed by atoms with Gasteiger partial charge in [0.15, 0.2) is 0 Å². The second-order valence-electron chi connectivity index (χ2n) is 6.71. The fourth-order valence-electron chi connectivity index (χ4n) is 3.34. The lowest BCUT2D eigenvalue weighted by Gasteiger charge is -2.29. The first-order chi connectivity index (χ1) is 15.5. The van der Waals surface area contributed by atoms with Crippen LogP contribution in [0.3, 0.4) is 0 Å². The lowest BCUT2D eigenvalue weighted by atomic mass is 9.86. The largest absolute Gasteiger partial charge is 0.495 e. The molecule has 7 nitrogen and oxygen atoms in total. The number of amides is 1. The Hall–Kier alpha value is -3.22. The number of dihydropyridines is 1. The summed E-state index contributed by atoms with van der Waals surface area (Å²) in [5.74, 6) is -0.648. The molecule has 2 N–H and O–H groups in total. The third-order valence-corrected chi connectivity index (χ3v) is 6.64. The number of allylic oxidation sites excluding steroid dienone is 2. The van der Waals surface area contributed by atoms with Gasteiger partial charge in [-0.15, -0.1) is 11.3 Å². The number of hydrogen-bond acceptors (Lipinski definition) is 8. The van der Waals surface area contributed by atoms with Crippen molar-refractivity contribution in [3.8, 4) is 11.8 Å². The maximum atomic E-state index is 13.4. The zero-order valence-corrected chi connectivity index (χ0v) is 19.6. The zero-order valence-electron chi connectivity index (χ0n) is 17.9. The van der Waals surface area contributed by atoms with Gasteiger partial charge in [-0.2, -0.15) is 5.26 Å². The fraction of sp³-hybridized carbons (Fsp3) is 0.261. The van der Waals surface area contributed by atoms with Crippen molar-refractivity contribution in [3.63, 3.8) is 0 Å². The van der Waals surface area contributed by atoms with Crippen LogP contribution in [0.4, 0.5) is 5.69 Å². The van der Waals surface area contributed by atoms with Crippen molar-refractivity contribution in [2.75, 3.05) is 24.8 Å². The molecule has 1 aromatic heterocycles. The molecule has 2 aromatic rings.